The number of carbonyl (C=O) groups excluding carboxylic acids is 1. The number of nitrogens with one attached hydrogen (secondary N) is 2. The quantitative estimate of drug-likeness (QED) is 0.478. The van der Waals surface area contributed by atoms with Crippen molar-refractivity contribution in [1.82, 2.24) is 29.4 Å². The third kappa shape index (κ3) is 5.19. The van der Waals surface area contributed by atoms with Crippen molar-refractivity contribution >= 4 is 23.4 Å². The third-order valence-corrected chi connectivity index (χ3v) is 7.81. The van der Waals surface area contributed by atoms with Crippen LogP contribution in [0.2, 0.25) is 0 Å². The Hall–Kier alpha value is -3.24. The van der Waals surface area contributed by atoms with Crippen LogP contribution in [0.4, 0.5) is 17.5 Å². The second-order valence-corrected chi connectivity index (χ2v) is 11.9. The van der Waals surface area contributed by atoms with E-state index >= 15 is 0 Å². The molecule has 0 radical (unpaired) electrons. The van der Waals surface area contributed by atoms with Crippen molar-refractivity contribution in [1.29, 1.82) is 0 Å². The van der Waals surface area contributed by atoms with Gasteiger partial charge in [0.15, 0.2) is 11.6 Å². The molecular weight excluding hydrogens is 480 g/mol. The molecule has 0 bridgehead atoms. The van der Waals surface area contributed by atoms with Crippen molar-refractivity contribution in [3.63, 3.8) is 0 Å². The van der Waals surface area contributed by atoms with Gasteiger partial charge in [-0.1, -0.05) is 20.8 Å². The number of carbonyl (C=O) groups is 1. The lowest BCUT2D eigenvalue weighted by molar-refractivity contribution is -0.117. The molecule has 2 atom stereocenters. The van der Waals surface area contributed by atoms with Crippen LogP contribution in [0.3, 0.4) is 0 Å². The Kier molecular flexibility index (Phi) is 6.47. The lowest BCUT2D eigenvalue weighted by Crippen LogP contribution is -2.36. The fraction of sp³-hybridized carbons (Fsp3) is 0.571. The fourth-order valence-corrected chi connectivity index (χ4v) is 5.42. The largest absolute Gasteiger partial charge is 0.379 e. The number of pyridine rings is 1. The molecule has 1 unspecified atom stereocenters. The van der Waals surface area contributed by atoms with Crippen LogP contribution in [0, 0.1) is 5.92 Å². The number of nitrogens with zero attached hydrogens (tertiary/aromatic N) is 6. The summed E-state index contributed by atoms with van der Waals surface area (Å²) >= 11 is 0. The van der Waals surface area contributed by atoms with Gasteiger partial charge in [0.1, 0.15) is 5.82 Å². The summed E-state index contributed by atoms with van der Waals surface area (Å²) in [6.45, 7) is 12.9. The first-order valence-electron chi connectivity index (χ1n) is 13.8. The number of amides is 1. The normalized spacial score (nSPS) is 21.9. The zero-order valence-electron chi connectivity index (χ0n) is 22.8. The van der Waals surface area contributed by atoms with Gasteiger partial charge in [-0.15, -0.1) is 0 Å². The molecule has 1 saturated carbocycles. The van der Waals surface area contributed by atoms with E-state index in [1.54, 1.807) is 6.20 Å². The average molecular weight is 519 g/mol. The number of anilines is 3. The van der Waals surface area contributed by atoms with Crippen molar-refractivity contribution < 1.29 is 9.53 Å². The van der Waals surface area contributed by atoms with Gasteiger partial charge < -0.3 is 15.4 Å². The van der Waals surface area contributed by atoms with Crippen LogP contribution >= 0.6 is 0 Å². The topological polar surface area (TPSA) is 102 Å². The fourth-order valence-electron chi connectivity index (χ4n) is 5.42. The highest BCUT2D eigenvalue weighted by molar-refractivity contribution is 5.93. The van der Waals surface area contributed by atoms with E-state index in [-0.39, 0.29) is 29.3 Å². The standard InChI is InChI=1S/C28H38N8O2/c1-18-22-14-25(30-26-15-23(28(2,3)4)36(33-26)21-8-12-38-17-21)32-35(22)11-10-34(18)16-19-7-9-29-24(13-19)31-27(37)20-5-6-20/h7,9,13-15,18,20-21H,5-6,8,10-12,16-17H2,1-4H3,(H,29,31,37)(H,30,32,33)/t18?,21-/m0/s1. The molecule has 0 spiro atoms. The summed E-state index contributed by atoms with van der Waals surface area (Å²) in [4.78, 5) is 18.9. The molecule has 10 nitrogen and oxygen atoms in total. The molecule has 2 fully saturated rings. The first kappa shape index (κ1) is 25.1. The van der Waals surface area contributed by atoms with E-state index in [9.17, 15) is 4.79 Å². The van der Waals surface area contributed by atoms with Gasteiger partial charge in [-0.25, -0.2) is 4.98 Å². The Morgan fingerprint density at radius 3 is 2.63 bits per heavy atom. The molecule has 1 amide bonds. The maximum Gasteiger partial charge on any atom is 0.228 e. The SMILES string of the molecule is CC1c2cc(Nc3cc(C(C)(C)C)n([C@H]4CCOC4)n3)nn2CCN1Cc1ccnc(NC(=O)C2CC2)c1. The maximum atomic E-state index is 12.1. The Labute approximate surface area is 223 Å². The highest BCUT2D eigenvalue weighted by Crippen LogP contribution is 2.33. The van der Waals surface area contributed by atoms with Gasteiger partial charge in [0.25, 0.3) is 0 Å². The smallest absolute Gasteiger partial charge is 0.228 e. The van der Waals surface area contributed by atoms with Crippen molar-refractivity contribution in [2.45, 2.75) is 77.5 Å². The predicted octanol–water partition coefficient (Wildman–Crippen LogP) is 4.40. The Balaban J connectivity index is 1.15. The van der Waals surface area contributed by atoms with E-state index in [1.807, 2.05) is 12.1 Å². The van der Waals surface area contributed by atoms with Gasteiger partial charge in [-0.05, 0) is 43.9 Å². The summed E-state index contributed by atoms with van der Waals surface area (Å²) in [6.07, 6.45) is 4.73. The number of aromatic nitrogens is 5. The second kappa shape index (κ2) is 9.81. The molecule has 1 saturated heterocycles. The van der Waals surface area contributed by atoms with Crippen LogP contribution in [0.25, 0.3) is 0 Å². The number of rotatable bonds is 7. The van der Waals surface area contributed by atoms with Gasteiger partial charge in [-0.2, -0.15) is 10.2 Å². The number of fused-ring (bicyclic) bond motifs is 1. The summed E-state index contributed by atoms with van der Waals surface area (Å²) < 4.78 is 9.88. The van der Waals surface area contributed by atoms with E-state index in [0.717, 1.165) is 62.7 Å². The summed E-state index contributed by atoms with van der Waals surface area (Å²) in [5, 5.41) is 16.2. The summed E-state index contributed by atoms with van der Waals surface area (Å²) in [5.41, 5.74) is 3.49. The van der Waals surface area contributed by atoms with Crippen LogP contribution in [0.15, 0.2) is 30.5 Å². The summed E-state index contributed by atoms with van der Waals surface area (Å²) in [7, 11) is 0. The molecule has 3 aromatic heterocycles. The minimum Gasteiger partial charge on any atom is -0.379 e. The molecule has 6 rings (SSSR count). The van der Waals surface area contributed by atoms with Gasteiger partial charge in [0.05, 0.1) is 24.9 Å². The minimum atomic E-state index is -0.0223. The van der Waals surface area contributed by atoms with Crippen molar-refractivity contribution in [3.8, 4) is 0 Å². The Morgan fingerprint density at radius 2 is 1.89 bits per heavy atom. The monoisotopic (exact) mass is 518 g/mol. The number of hydrogen-bond acceptors (Lipinski definition) is 7. The molecule has 0 aromatic carbocycles. The molecule has 3 aliphatic rings. The molecule has 1 aliphatic carbocycles. The molecule has 5 heterocycles. The van der Waals surface area contributed by atoms with Crippen LogP contribution in [-0.2, 0) is 28.0 Å². The van der Waals surface area contributed by atoms with Crippen molar-refractivity contribution in [2.24, 2.45) is 5.92 Å². The first-order chi connectivity index (χ1) is 18.2. The first-order valence-corrected chi connectivity index (χ1v) is 13.8. The highest BCUT2D eigenvalue weighted by Gasteiger charge is 2.31. The summed E-state index contributed by atoms with van der Waals surface area (Å²) in [6, 6.07) is 8.78. The van der Waals surface area contributed by atoms with Crippen LogP contribution < -0.4 is 10.6 Å². The highest BCUT2D eigenvalue weighted by atomic mass is 16.5. The number of ether oxygens (including phenoxy) is 1. The van der Waals surface area contributed by atoms with E-state index in [1.165, 1.54) is 11.4 Å². The van der Waals surface area contributed by atoms with Crippen LogP contribution in [0.1, 0.15) is 76.0 Å². The van der Waals surface area contributed by atoms with Gasteiger partial charge in [0, 0.05) is 61.1 Å². The van der Waals surface area contributed by atoms with Crippen molar-refractivity contribution in [2.75, 3.05) is 30.4 Å². The molecule has 3 aromatic rings. The zero-order valence-corrected chi connectivity index (χ0v) is 22.8. The molecule has 2 N–H and O–H groups in total. The van der Waals surface area contributed by atoms with Crippen LogP contribution in [0.5, 0.6) is 0 Å². The van der Waals surface area contributed by atoms with E-state index in [4.69, 9.17) is 14.9 Å². The molecule has 202 valence electrons. The Morgan fingerprint density at radius 1 is 1.08 bits per heavy atom. The Bertz CT molecular complexity index is 1310. The van der Waals surface area contributed by atoms with Gasteiger partial charge in [0.2, 0.25) is 5.91 Å². The summed E-state index contributed by atoms with van der Waals surface area (Å²) in [5.74, 6) is 2.52. The average Bonchev–Trinajstić information content (AvgIpc) is 3.24. The van der Waals surface area contributed by atoms with E-state index < -0.39 is 0 Å². The van der Waals surface area contributed by atoms with Crippen LogP contribution in [-0.4, -0.2) is 55.1 Å². The molecular formula is C28H38N8O2. The predicted molar refractivity (Wildman–Crippen MR) is 145 cm³/mol. The molecule has 2 aliphatic heterocycles. The molecule has 10 heteroatoms. The van der Waals surface area contributed by atoms with Gasteiger partial charge in [-0.3, -0.25) is 19.1 Å². The lowest BCUT2D eigenvalue weighted by atomic mass is 9.91. The number of hydrogen-bond donors (Lipinski definition) is 2. The van der Waals surface area contributed by atoms with E-state index in [0.29, 0.717) is 12.4 Å². The zero-order chi connectivity index (χ0) is 26.4. The van der Waals surface area contributed by atoms with E-state index in [2.05, 4.69) is 69.7 Å². The maximum absolute atomic E-state index is 12.1. The van der Waals surface area contributed by atoms with Gasteiger partial charge >= 0.3 is 0 Å². The second-order valence-electron chi connectivity index (χ2n) is 11.9. The minimum absolute atomic E-state index is 0.0223. The van der Waals surface area contributed by atoms with Crippen molar-refractivity contribution in [3.05, 3.63) is 47.4 Å². The lowest BCUT2D eigenvalue weighted by Gasteiger charge is -2.33. The third-order valence-electron chi connectivity index (χ3n) is 7.81. The molecule has 38 heavy (non-hydrogen) atoms.